The fourth-order valence-electron chi connectivity index (χ4n) is 3.13. The highest BCUT2D eigenvalue weighted by molar-refractivity contribution is 5.85. The lowest BCUT2D eigenvalue weighted by Crippen LogP contribution is -2.40. The van der Waals surface area contributed by atoms with Crippen molar-refractivity contribution < 1.29 is 4.74 Å². The van der Waals surface area contributed by atoms with Crippen molar-refractivity contribution in [2.24, 2.45) is 0 Å². The molecule has 2 atom stereocenters. The van der Waals surface area contributed by atoms with Gasteiger partial charge in [-0.1, -0.05) is 12.1 Å². The van der Waals surface area contributed by atoms with E-state index in [1.807, 2.05) is 0 Å². The molecule has 1 aromatic rings. The summed E-state index contributed by atoms with van der Waals surface area (Å²) in [6.07, 6.45) is 0. The molecule has 108 valence electrons. The molecule has 0 saturated carbocycles. The Morgan fingerprint density at radius 1 is 1.32 bits per heavy atom. The van der Waals surface area contributed by atoms with Crippen LogP contribution < -0.4 is 10.2 Å². The van der Waals surface area contributed by atoms with Crippen molar-refractivity contribution in [3.05, 3.63) is 29.3 Å². The van der Waals surface area contributed by atoms with E-state index in [2.05, 4.69) is 49.4 Å². The summed E-state index contributed by atoms with van der Waals surface area (Å²) in [6, 6.07) is 6.60. The number of hydrogen-bond donors (Lipinski definition) is 1. The van der Waals surface area contributed by atoms with Crippen LogP contribution in [0, 0.1) is 0 Å². The van der Waals surface area contributed by atoms with E-state index in [1.54, 1.807) is 0 Å². The average Bonchev–Trinajstić information content (AvgIpc) is 2.70. The van der Waals surface area contributed by atoms with Crippen molar-refractivity contribution in [3.63, 3.8) is 0 Å². The zero-order chi connectivity index (χ0) is 12.0. The monoisotopic (exact) mass is 304 g/mol. The Morgan fingerprint density at radius 3 is 2.74 bits per heavy atom. The van der Waals surface area contributed by atoms with Gasteiger partial charge < -0.3 is 15.0 Å². The van der Waals surface area contributed by atoms with Crippen LogP contribution in [0.25, 0.3) is 0 Å². The zero-order valence-corrected chi connectivity index (χ0v) is 13.2. The SMILES string of the molecule is CN(C)c1cccc2c1COC1(C)CNCC21.Cl.Cl. The summed E-state index contributed by atoms with van der Waals surface area (Å²) in [7, 11) is 4.19. The van der Waals surface area contributed by atoms with Crippen LogP contribution in [0.1, 0.15) is 24.0 Å². The molecule has 1 N–H and O–H groups in total. The lowest BCUT2D eigenvalue weighted by molar-refractivity contribution is -0.0515. The molecular formula is C14H22Cl2N2O. The van der Waals surface area contributed by atoms with Crippen molar-refractivity contribution in [2.45, 2.75) is 25.0 Å². The van der Waals surface area contributed by atoms with E-state index in [-0.39, 0.29) is 30.4 Å². The molecule has 0 aliphatic carbocycles. The summed E-state index contributed by atoms with van der Waals surface area (Å²) < 4.78 is 6.12. The molecule has 19 heavy (non-hydrogen) atoms. The first-order valence-corrected chi connectivity index (χ1v) is 6.25. The van der Waals surface area contributed by atoms with Gasteiger partial charge in [-0.25, -0.2) is 0 Å². The van der Waals surface area contributed by atoms with Crippen LogP contribution in [-0.2, 0) is 11.3 Å². The number of rotatable bonds is 1. The predicted octanol–water partition coefficient (Wildman–Crippen LogP) is 2.57. The normalized spacial score (nSPS) is 27.6. The maximum absolute atomic E-state index is 6.12. The van der Waals surface area contributed by atoms with Gasteiger partial charge in [0.05, 0.1) is 12.2 Å². The fraction of sp³-hybridized carbons (Fsp3) is 0.571. The molecule has 1 saturated heterocycles. The third kappa shape index (κ3) is 2.57. The minimum atomic E-state index is -0.0159. The molecule has 5 heteroatoms. The minimum Gasteiger partial charge on any atom is -0.377 e. The van der Waals surface area contributed by atoms with Crippen LogP contribution in [0.3, 0.4) is 0 Å². The van der Waals surface area contributed by atoms with Crippen molar-refractivity contribution in [2.75, 3.05) is 32.1 Å². The number of nitrogens with zero attached hydrogens (tertiary/aromatic N) is 1. The summed E-state index contributed by atoms with van der Waals surface area (Å²) >= 11 is 0. The largest absolute Gasteiger partial charge is 0.377 e. The molecule has 3 rings (SSSR count). The van der Waals surface area contributed by atoms with Crippen LogP contribution in [-0.4, -0.2) is 32.8 Å². The van der Waals surface area contributed by atoms with E-state index in [0.29, 0.717) is 5.92 Å². The molecule has 3 nitrogen and oxygen atoms in total. The Hall–Kier alpha value is -0.480. The van der Waals surface area contributed by atoms with Gasteiger partial charge in [-0.05, 0) is 18.6 Å². The lowest BCUT2D eigenvalue weighted by atomic mass is 9.81. The molecule has 1 fully saturated rings. The van der Waals surface area contributed by atoms with E-state index in [4.69, 9.17) is 4.74 Å². The first-order valence-electron chi connectivity index (χ1n) is 6.25. The van der Waals surface area contributed by atoms with Crippen molar-refractivity contribution >= 4 is 30.5 Å². The molecule has 2 heterocycles. The van der Waals surface area contributed by atoms with Gasteiger partial charge in [0.2, 0.25) is 0 Å². The number of hydrogen-bond acceptors (Lipinski definition) is 3. The second kappa shape index (κ2) is 5.88. The summed E-state index contributed by atoms with van der Waals surface area (Å²) in [6.45, 7) is 4.95. The van der Waals surface area contributed by atoms with Gasteiger partial charge in [0.25, 0.3) is 0 Å². The van der Waals surface area contributed by atoms with Crippen molar-refractivity contribution in [1.29, 1.82) is 0 Å². The predicted molar refractivity (Wildman–Crippen MR) is 84.1 cm³/mol. The number of ether oxygens (including phenoxy) is 1. The highest BCUT2D eigenvalue weighted by Crippen LogP contribution is 2.43. The van der Waals surface area contributed by atoms with Crippen LogP contribution >= 0.6 is 24.8 Å². The summed E-state index contributed by atoms with van der Waals surface area (Å²) in [5, 5.41) is 3.46. The molecule has 2 aliphatic rings. The van der Waals surface area contributed by atoms with E-state index in [9.17, 15) is 0 Å². The number of nitrogens with one attached hydrogen (secondary N) is 1. The number of halogens is 2. The maximum atomic E-state index is 6.12. The Morgan fingerprint density at radius 2 is 2.05 bits per heavy atom. The molecule has 2 aliphatic heterocycles. The van der Waals surface area contributed by atoms with Crippen LogP contribution in [0.15, 0.2) is 18.2 Å². The molecular weight excluding hydrogens is 283 g/mol. The number of anilines is 1. The van der Waals surface area contributed by atoms with Gasteiger partial charge in [0, 0.05) is 44.4 Å². The van der Waals surface area contributed by atoms with Gasteiger partial charge in [-0.15, -0.1) is 24.8 Å². The van der Waals surface area contributed by atoms with Gasteiger partial charge in [-0.2, -0.15) is 0 Å². The molecule has 0 spiro atoms. The summed E-state index contributed by atoms with van der Waals surface area (Å²) in [5.74, 6) is 0.492. The molecule has 0 amide bonds. The maximum Gasteiger partial charge on any atom is 0.0863 e. The van der Waals surface area contributed by atoms with E-state index in [0.717, 1.165) is 19.7 Å². The summed E-state index contributed by atoms with van der Waals surface area (Å²) in [4.78, 5) is 2.17. The first-order chi connectivity index (χ1) is 8.12. The van der Waals surface area contributed by atoms with Crippen LogP contribution in [0.2, 0.25) is 0 Å². The van der Waals surface area contributed by atoms with Gasteiger partial charge >= 0.3 is 0 Å². The van der Waals surface area contributed by atoms with E-state index >= 15 is 0 Å². The Labute approximate surface area is 127 Å². The highest BCUT2D eigenvalue weighted by Gasteiger charge is 2.44. The Bertz CT molecular complexity index is 453. The fourth-order valence-corrected chi connectivity index (χ4v) is 3.13. The second-order valence-corrected chi connectivity index (χ2v) is 5.52. The third-order valence-electron chi connectivity index (χ3n) is 4.15. The summed E-state index contributed by atoms with van der Waals surface area (Å²) in [5.41, 5.74) is 4.10. The van der Waals surface area contributed by atoms with Gasteiger partial charge in [0.1, 0.15) is 0 Å². The molecule has 1 aromatic carbocycles. The van der Waals surface area contributed by atoms with Gasteiger partial charge in [-0.3, -0.25) is 0 Å². The topological polar surface area (TPSA) is 24.5 Å². The quantitative estimate of drug-likeness (QED) is 0.863. The molecule has 2 unspecified atom stereocenters. The van der Waals surface area contributed by atoms with Crippen molar-refractivity contribution in [3.8, 4) is 0 Å². The smallest absolute Gasteiger partial charge is 0.0863 e. The van der Waals surface area contributed by atoms with Crippen LogP contribution in [0.4, 0.5) is 5.69 Å². The Kier molecular flexibility index (Phi) is 5.13. The lowest BCUT2D eigenvalue weighted by Gasteiger charge is -2.38. The number of benzene rings is 1. The minimum absolute atomic E-state index is 0. The van der Waals surface area contributed by atoms with Crippen molar-refractivity contribution in [1.82, 2.24) is 5.32 Å². The van der Waals surface area contributed by atoms with Crippen LogP contribution in [0.5, 0.6) is 0 Å². The van der Waals surface area contributed by atoms with E-state index < -0.39 is 0 Å². The number of fused-ring (bicyclic) bond motifs is 3. The molecule has 0 aromatic heterocycles. The van der Waals surface area contributed by atoms with E-state index in [1.165, 1.54) is 16.8 Å². The van der Waals surface area contributed by atoms with Gasteiger partial charge in [0.15, 0.2) is 0 Å². The Balaban J connectivity index is 0.000000902. The second-order valence-electron chi connectivity index (χ2n) is 5.52. The first kappa shape index (κ1) is 16.6. The standard InChI is InChI=1S/C14H20N2O.2ClH/c1-14-9-15-7-12(14)10-5-4-6-13(16(2)3)11(10)8-17-14;;/h4-6,12,15H,7-9H2,1-3H3;2*1H. The molecule has 0 radical (unpaired) electrons. The molecule has 0 bridgehead atoms. The average molecular weight is 305 g/mol. The zero-order valence-electron chi connectivity index (χ0n) is 11.6. The highest BCUT2D eigenvalue weighted by atomic mass is 35.5. The third-order valence-corrected chi connectivity index (χ3v) is 4.15.